The third-order valence-corrected chi connectivity index (χ3v) is 6.67. The van der Waals surface area contributed by atoms with Crippen LogP contribution in [0.4, 0.5) is 5.69 Å². The minimum absolute atomic E-state index is 0.210. The number of nitrogens with one attached hydrogen (secondary N) is 1. The van der Waals surface area contributed by atoms with Gasteiger partial charge in [0.25, 0.3) is 0 Å². The Kier molecular flexibility index (Phi) is 5.16. The van der Waals surface area contributed by atoms with E-state index in [1.807, 2.05) is 78.6 Å². The van der Waals surface area contributed by atoms with Crippen LogP contribution in [0.15, 0.2) is 77.3 Å². The van der Waals surface area contributed by atoms with Crippen molar-refractivity contribution in [1.29, 1.82) is 0 Å². The number of fused-ring (bicyclic) bond motifs is 1. The zero-order valence-electron chi connectivity index (χ0n) is 18.2. The third-order valence-electron chi connectivity index (χ3n) is 6.12. The standard InChI is InChI=1S/C26H20ClN3O3S/c1-15-5-6-16(27)12-18(15)20-9-10-22(33-20)25-24(19-4-2-3-11-28-19)29-26(34)30(25)17-7-8-21-23(13-17)32-14-31-21/h2-13,24-25H,14H2,1H3,(H,29,34)/t24-,25-/m0/s1. The van der Waals surface area contributed by atoms with Crippen LogP contribution in [0.2, 0.25) is 5.02 Å². The molecule has 2 aromatic carbocycles. The highest BCUT2D eigenvalue weighted by Gasteiger charge is 2.43. The molecule has 1 fully saturated rings. The highest BCUT2D eigenvalue weighted by molar-refractivity contribution is 7.80. The van der Waals surface area contributed by atoms with Crippen LogP contribution in [-0.2, 0) is 0 Å². The van der Waals surface area contributed by atoms with Crippen LogP contribution in [-0.4, -0.2) is 16.9 Å². The van der Waals surface area contributed by atoms with Crippen molar-refractivity contribution < 1.29 is 13.9 Å². The largest absolute Gasteiger partial charge is 0.459 e. The van der Waals surface area contributed by atoms with Crippen LogP contribution in [0.25, 0.3) is 11.3 Å². The van der Waals surface area contributed by atoms with Gasteiger partial charge in [-0.25, -0.2) is 0 Å². The van der Waals surface area contributed by atoms with E-state index in [9.17, 15) is 0 Å². The van der Waals surface area contributed by atoms with Gasteiger partial charge in [-0.1, -0.05) is 23.7 Å². The number of hydrogen-bond acceptors (Lipinski definition) is 5. The van der Waals surface area contributed by atoms with Gasteiger partial charge in [-0.2, -0.15) is 0 Å². The first-order valence-corrected chi connectivity index (χ1v) is 11.6. The van der Waals surface area contributed by atoms with E-state index in [2.05, 4.69) is 10.3 Å². The van der Waals surface area contributed by atoms with E-state index in [0.29, 0.717) is 15.9 Å². The van der Waals surface area contributed by atoms with Crippen LogP contribution < -0.4 is 19.7 Å². The molecule has 0 amide bonds. The second-order valence-electron chi connectivity index (χ2n) is 8.20. The number of furan rings is 1. The van der Waals surface area contributed by atoms with Crippen molar-refractivity contribution in [3.8, 4) is 22.8 Å². The molecule has 6 nitrogen and oxygen atoms in total. The van der Waals surface area contributed by atoms with Gasteiger partial charge in [0.15, 0.2) is 16.6 Å². The molecule has 0 radical (unpaired) electrons. The second kappa shape index (κ2) is 8.34. The molecule has 4 aromatic rings. The van der Waals surface area contributed by atoms with Gasteiger partial charge in [-0.15, -0.1) is 0 Å². The van der Waals surface area contributed by atoms with Crippen molar-refractivity contribution in [3.05, 3.63) is 95.0 Å². The SMILES string of the molecule is Cc1ccc(Cl)cc1-c1ccc([C@H]2[C@H](c3ccccn3)NC(=S)N2c2ccc3c(c2)OCO3)o1. The second-order valence-corrected chi connectivity index (χ2v) is 9.02. The number of rotatable bonds is 4. The first-order valence-electron chi connectivity index (χ1n) is 10.8. The molecular formula is C26H20ClN3O3S. The van der Waals surface area contributed by atoms with Crippen LogP contribution in [0, 0.1) is 6.92 Å². The fourth-order valence-corrected chi connectivity index (χ4v) is 4.99. The molecule has 1 N–H and O–H groups in total. The summed E-state index contributed by atoms with van der Waals surface area (Å²) in [5.41, 5.74) is 3.78. The van der Waals surface area contributed by atoms with Crippen molar-refractivity contribution in [2.24, 2.45) is 0 Å². The maximum atomic E-state index is 6.45. The quantitative estimate of drug-likeness (QED) is 0.342. The van der Waals surface area contributed by atoms with Gasteiger partial charge in [-0.05, 0) is 73.2 Å². The molecule has 2 aromatic heterocycles. The minimum atomic E-state index is -0.268. The number of halogens is 1. The molecule has 8 heteroatoms. The molecule has 0 spiro atoms. The maximum Gasteiger partial charge on any atom is 0.231 e. The lowest BCUT2D eigenvalue weighted by molar-refractivity contribution is 0.174. The molecule has 0 saturated carbocycles. The van der Waals surface area contributed by atoms with E-state index in [0.717, 1.165) is 39.8 Å². The van der Waals surface area contributed by atoms with E-state index in [4.69, 9.17) is 37.7 Å². The van der Waals surface area contributed by atoms with Crippen LogP contribution in [0.3, 0.4) is 0 Å². The fraction of sp³-hybridized carbons (Fsp3) is 0.154. The molecule has 6 rings (SSSR count). The maximum absolute atomic E-state index is 6.45. The van der Waals surface area contributed by atoms with Crippen LogP contribution in [0.5, 0.6) is 11.5 Å². The number of pyridine rings is 1. The van der Waals surface area contributed by atoms with E-state index < -0.39 is 0 Å². The van der Waals surface area contributed by atoms with E-state index >= 15 is 0 Å². The van der Waals surface area contributed by atoms with Crippen molar-refractivity contribution in [3.63, 3.8) is 0 Å². The number of hydrogen-bond donors (Lipinski definition) is 1. The van der Waals surface area contributed by atoms with Gasteiger partial charge in [0.05, 0.1) is 11.7 Å². The molecule has 2 aliphatic heterocycles. The highest BCUT2D eigenvalue weighted by atomic mass is 35.5. The predicted octanol–water partition coefficient (Wildman–Crippen LogP) is 6.21. The summed E-state index contributed by atoms with van der Waals surface area (Å²) in [7, 11) is 0. The number of benzene rings is 2. The molecule has 170 valence electrons. The van der Waals surface area contributed by atoms with E-state index in [1.54, 1.807) is 6.20 Å². The normalized spacial score (nSPS) is 18.9. The molecule has 2 aliphatic rings. The molecule has 0 bridgehead atoms. The molecule has 0 aliphatic carbocycles. The van der Waals surface area contributed by atoms with Gasteiger partial charge < -0.3 is 24.1 Å². The van der Waals surface area contributed by atoms with Crippen molar-refractivity contribution in [1.82, 2.24) is 10.3 Å². The summed E-state index contributed by atoms with van der Waals surface area (Å²) in [5, 5.41) is 4.69. The number of thiocarbonyl (C=S) groups is 1. The lowest BCUT2D eigenvalue weighted by Gasteiger charge is -2.26. The summed E-state index contributed by atoms with van der Waals surface area (Å²) in [6.45, 7) is 2.25. The Labute approximate surface area is 207 Å². The Morgan fingerprint density at radius 1 is 1.03 bits per heavy atom. The summed E-state index contributed by atoms with van der Waals surface area (Å²) in [6.07, 6.45) is 1.78. The molecular weight excluding hydrogens is 470 g/mol. The zero-order chi connectivity index (χ0) is 23.2. The van der Waals surface area contributed by atoms with Crippen molar-refractivity contribution in [2.45, 2.75) is 19.0 Å². The Morgan fingerprint density at radius 3 is 2.76 bits per heavy atom. The average Bonchev–Trinajstić information content (AvgIpc) is 3.59. The first-order chi connectivity index (χ1) is 16.6. The lowest BCUT2D eigenvalue weighted by Crippen LogP contribution is -2.29. The Balaban J connectivity index is 1.46. The van der Waals surface area contributed by atoms with Crippen LogP contribution >= 0.6 is 23.8 Å². The van der Waals surface area contributed by atoms with Crippen molar-refractivity contribution >= 4 is 34.6 Å². The summed E-state index contributed by atoms with van der Waals surface area (Å²) in [4.78, 5) is 6.64. The van der Waals surface area contributed by atoms with Gasteiger partial charge in [0.2, 0.25) is 6.79 Å². The van der Waals surface area contributed by atoms with Gasteiger partial charge in [0, 0.05) is 28.5 Å². The summed E-state index contributed by atoms with van der Waals surface area (Å²) >= 11 is 12.1. The topological polar surface area (TPSA) is 59.8 Å². The molecule has 1 saturated heterocycles. The molecule has 4 heterocycles. The third kappa shape index (κ3) is 3.57. The molecule has 2 atom stereocenters. The Morgan fingerprint density at radius 2 is 1.91 bits per heavy atom. The summed E-state index contributed by atoms with van der Waals surface area (Å²) in [6, 6.07) is 20.9. The fourth-order valence-electron chi connectivity index (χ4n) is 4.47. The first kappa shape index (κ1) is 21.0. The highest BCUT2D eigenvalue weighted by Crippen LogP contribution is 2.45. The van der Waals surface area contributed by atoms with E-state index in [1.165, 1.54) is 0 Å². The monoisotopic (exact) mass is 489 g/mol. The lowest BCUT2D eigenvalue weighted by atomic mass is 10.0. The minimum Gasteiger partial charge on any atom is -0.459 e. The molecule has 0 unspecified atom stereocenters. The number of nitrogens with zero attached hydrogens (tertiary/aromatic N) is 2. The molecule has 34 heavy (non-hydrogen) atoms. The predicted molar refractivity (Wildman–Crippen MR) is 134 cm³/mol. The van der Waals surface area contributed by atoms with E-state index in [-0.39, 0.29) is 18.9 Å². The number of aromatic nitrogens is 1. The van der Waals surface area contributed by atoms with Gasteiger partial charge in [0.1, 0.15) is 17.6 Å². The zero-order valence-corrected chi connectivity index (χ0v) is 19.8. The van der Waals surface area contributed by atoms with Gasteiger partial charge >= 0.3 is 0 Å². The van der Waals surface area contributed by atoms with Gasteiger partial charge in [-0.3, -0.25) is 4.98 Å². The van der Waals surface area contributed by atoms with Crippen molar-refractivity contribution in [2.75, 3.05) is 11.7 Å². The summed E-state index contributed by atoms with van der Waals surface area (Å²) in [5.74, 6) is 2.92. The van der Waals surface area contributed by atoms with Crippen LogP contribution in [0.1, 0.15) is 29.1 Å². The Bertz CT molecular complexity index is 1390. The summed E-state index contributed by atoms with van der Waals surface area (Å²) < 4.78 is 17.6. The number of ether oxygens (including phenoxy) is 2. The Hall–Kier alpha value is -3.55. The number of anilines is 1. The number of aryl methyl sites for hydroxylation is 1. The smallest absolute Gasteiger partial charge is 0.231 e. The average molecular weight is 490 g/mol.